The van der Waals surface area contributed by atoms with Crippen LogP contribution < -0.4 is 6.15 Å². The molecule has 1 aliphatic rings. The van der Waals surface area contributed by atoms with E-state index in [2.05, 4.69) is 12.2 Å². The Morgan fingerprint density at radius 1 is 0.778 bits per heavy atom. The summed E-state index contributed by atoms with van der Waals surface area (Å²) in [7, 11) is 0. The van der Waals surface area contributed by atoms with Gasteiger partial charge in [-0.3, -0.25) is 0 Å². The van der Waals surface area contributed by atoms with Crippen molar-refractivity contribution in [2.75, 3.05) is 0 Å². The second-order valence-electron chi connectivity index (χ2n) is 2.11. The molecule has 0 aromatic heterocycles. The molecule has 9 heavy (non-hydrogen) atoms. The van der Waals surface area contributed by atoms with Gasteiger partial charge in [0.15, 0.2) is 0 Å². The largest absolute Gasteiger partial charge is 0.0885 e. The zero-order valence-corrected chi connectivity index (χ0v) is 5.55. The lowest BCUT2D eigenvalue weighted by Gasteiger charge is -1.86. The van der Waals surface area contributed by atoms with Gasteiger partial charge in [0.1, 0.15) is 0 Å². The van der Waals surface area contributed by atoms with Crippen LogP contribution in [0.5, 0.6) is 0 Å². The van der Waals surface area contributed by atoms with Crippen molar-refractivity contribution in [2.24, 2.45) is 0 Å². The first-order valence-electron chi connectivity index (χ1n) is 3.15. The van der Waals surface area contributed by atoms with Gasteiger partial charge in [0.05, 0.1) is 0 Å². The summed E-state index contributed by atoms with van der Waals surface area (Å²) in [6.07, 6.45) is 11.5. The third kappa shape index (κ3) is 5.53. The first-order valence-corrected chi connectivity index (χ1v) is 3.15. The summed E-state index contributed by atoms with van der Waals surface area (Å²) in [5, 5.41) is 0. The normalized spacial score (nSPS) is 16.9. The molecule has 0 saturated heterocycles. The topological polar surface area (TPSA) is 59.0 Å². The van der Waals surface area contributed by atoms with Crippen molar-refractivity contribution in [1.29, 1.82) is 0 Å². The van der Waals surface area contributed by atoms with Crippen molar-refractivity contribution >= 4 is 0 Å². The van der Waals surface area contributed by atoms with Crippen molar-refractivity contribution in [3.63, 3.8) is 0 Å². The molecule has 2 nitrogen and oxygen atoms in total. The lowest BCUT2D eigenvalue weighted by Crippen LogP contribution is -1.67. The number of nitrogens with zero attached hydrogens (tertiary/aromatic N) is 1. The Morgan fingerprint density at radius 2 is 1.22 bits per heavy atom. The van der Waals surface area contributed by atoms with Crippen LogP contribution in [0, 0.1) is 0 Å². The third-order valence-electron chi connectivity index (χ3n) is 1.41. The van der Waals surface area contributed by atoms with E-state index in [1.165, 1.54) is 32.1 Å². The molecule has 0 saturated carbocycles. The minimum Gasteiger partial charge on any atom is -0.0885 e. The van der Waals surface area contributed by atoms with Gasteiger partial charge < -0.3 is 0 Å². The highest BCUT2D eigenvalue weighted by Gasteiger charge is 1.88. The van der Waals surface area contributed by atoms with Crippen molar-refractivity contribution < 1.29 is 5.48 Å². The highest BCUT2D eigenvalue weighted by atomic mass is 16.0. The number of rotatable bonds is 0. The maximum absolute atomic E-state index is 2.30. The van der Waals surface area contributed by atoms with E-state index in [-0.39, 0.29) is 11.6 Å². The second kappa shape index (κ2) is 7.66. The van der Waals surface area contributed by atoms with E-state index in [0.717, 1.165) is 0 Å². The molecule has 0 amide bonds. The van der Waals surface area contributed by atoms with Crippen LogP contribution in [0.3, 0.4) is 0 Å². The Balaban J connectivity index is 0. The average molecular weight is 126 g/mol. The molecule has 0 bridgehead atoms. The second-order valence-corrected chi connectivity index (χ2v) is 2.11. The van der Waals surface area contributed by atoms with Crippen molar-refractivity contribution in [2.45, 2.75) is 32.1 Å². The van der Waals surface area contributed by atoms with Gasteiger partial charge in [-0.2, -0.15) is 0 Å². The smallest absolute Gasteiger partial charge is 0 e. The predicted octanol–water partition coefficient (Wildman–Crippen LogP) is 1.91. The van der Waals surface area contributed by atoms with Gasteiger partial charge >= 0.3 is 0 Å². The highest BCUT2D eigenvalue weighted by Crippen LogP contribution is 2.08. The molecule has 0 fully saturated rings. The minimum absolute atomic E-state index is 0. The number of hydrogen-bond acceptors (Lipinski definition) is 0. The van der Waals surface area contributed by atoms with E-state index in [1.807, 2.05) is 0 Å². The van der Waals surface area contributed by atoms with Gasteiger partial charge in [0, 0.05) is 11.6 Å². The maximum atomic E-state index is 2.30. The fourth-order valence-corrected chi connectivity index (χ4v) is 0.937. The van der Waals surface area contributed by atoms with Crippen LogP contribution in [0.2, 0.25) is 0 Å². The van der Waals surface area contributed by atoms with E-state index in [9.17, 15) is 0 Å². The Kier molecular flexibility index (Phi) is 9.75. The summed E-state index contributed by atoms with van der Waals surface area (Å²) >= 11 is 0. The van der Waals surface area contributed by atoms with Crippen LogP contribution in [-0.4, -0.2) is 0 Å². The molecule has 0 aromatic rings. The summed E-state index contributed by atoms with van der Waals surface area (Å²) < 4.78 is 0. The Bertz CT molecular complexity index is 63.3. The van der Waals surface area contributed by atoms with Crippen LogP contribution in [0.4, 0.5) is 0 Å². The molecule has 5 radical (unpaired) electrons. The lowest BCUT2D eigenvalue weighted by molar-refractivity contribution is 0.686. The average Bonchev–Trinajstić information content (AvgIpc) is 1.90. The molecule has 0 aromatic carbocycles. The van der Waals surface area contributed by atoms with Crippen LogP contribution in [-0.2, 0) is 5.48 Å². The fraction of sp³-hybridized carbons (Fsp3) is 0.714. The summed E-state index contributed by atoms with van der Waals surface area (Å²) in [5.74, 6) is 0. The zero-order chi connectivity index (χ0) is 4.95. The predicted molar refractivity (Wildman–Crippen MR) is 35.0 cm³/mol. The first-order chi connectivity index (χ1) is 3.50. The fourth-order valence-electron chi connectivity index (χ4n) is 0.937. The van der Waals surface area contributed by atoms with Gasteiger partial charge in [0.25, 0.3) is 0 Å². The van der Waals surface area contributed by atoms with Gasteiger partial charge in [-0.25, -0.2) is 0 Å². The summed E-state index contributed by atoms with van der Waals surface area (Å²) in [6.45, 7) is 0. The molecule has 1 aliphatic carbocycles. The lowest BCUT2D eigenvalue weighted by atomic mass is 10.2. The molecular weight excluding hydrogens is 114 g/mol. The van der Waals surface area contributed by atoms with Crippen molar-refractivity contribution in [3.05, 3.63) is 12.2 Å². The van der Waals surface area contributed by atoms with Gasteiger partial charge in [-0.05, 0) is 25.7 Å². The van der Waals surface area contributed by atoms with Gasteiger partial charge in [0.2, 0.25) is 0 Å². The van der Waals surface area contributed by atoms with E-state index in [1.54, 1.807) is 0 Å². The summed E-state index contributed by atoms with van der Waals surface area (Å²) in [4.78, 5) is 0. The Labute approximate surface area is 56.8 Å². The molecule has 0 heterocycles. The van der Waals surface area contributed by atoms with E-state index >= 15 is 0 Å². The molecule has 0 N–H and O–H groups in total. The molecule has 0 unspecified atom stereocenters. The molecule has 0 spiro atoms. The molecule has 2 heteroatoms. The molecule has 0 aliphatic heterocycles. The summed E-state index contributed by atoms with van der Waals surface area (Å²) in [6, 6.07) is 0. The van der Waals surface area contributed by atoms with Crippen LogP contribution in [0.1, 0.15) is 32.1 Å². The van der Waals surface area contributed by atoms with Crippen molar-refractivity contribution in [1.82, 2.24) is 6.15 Å². The van der Waals surface area contributed by atoms with Gasteiger partial charge in [-0.15, -0.1) is 0 Å². The zero-order valence-electron chi connectivity index (χ0n) is 5.55. The maximum Gasteiger partial charge on any atom is 0 e. The number of hydrogen-bond donors (Lipinski definition) is 0. The van der Waals surface area contributed by atoms with E-state index in [4.69, 9.17) is 0 Å². The molecule has 51 valence electrons. The van der Waals surface area contributed by atoms with Crippen molar-refractivity contribution in [3.8, 4) is 0 Å². The Hall–Kier alpha value is -0.340. The van der Waals surface area contributed by atoms with Crippen LogP contribution in [0.25, 0.3) is 0 Å². The summed E-state index contributed by atoms with van der Waals surface area (Å²) in [5.41, 5.74) is 0. The van der Waals surface area contributed by atoms with E-state index < -0.39 is 0 Å². The highest BCUT2D eigenvalue weighted by molar-refractivity contribution is 4.83. The van der Waals surface area contributed by atoms with Gasteiger partial charge in [-0.1, -0.05) is 18.6 Å². The molecule has 1 rings (SSSR count). The SMILES string of the molecule is C1=CCCCCC1.[N].[O]. The first kappa shape index (κ1) is 11.5. The van der Waals surface area contributed by atoms with E-state index in [0.29, 0.717) is 0 Å². The Morgan fingerprint density at radius 3 is 1.67 bits per heavy atom. The number of allylic oxidation sites excluding steroid dienone is 2. The molecular formula is C7H12NO. The van der Waals surface area contributed by atoms with Crippen LogP contribution >= 0.6 is 0 Å². The molecule has 0 atom stereocenters. The minimum atomic E-state index is 0. The monoisotopic (exact) mass is 126 g/mol. The standard InChI is InChI=1S/C7H12.N.O/c1-2-4-6-7-5-3-1;;/h1-2H,3-7H2;;. The third-order valence-corrected chi connectivity index (χ3v) is 1.41. The quantitative estimate of drug-likeness (QED) is 0.445. The van der Waals surface area contributed by atoms with Crippen LogP contribution in [0.15, 0.2) is 12.2 Å².